The van der Waals surface area contributed by atoms with Gasteiger partial charge in [0.15, 0.2) is 0 Å². The van der Waals surface area contributed by atoms with E-state index in [1.807, 2.05) is 60.7 Å². The summed E-state index contributed by atoms with van der Waals surface area (Å²) in [6, 6.07) is 19.4. The van der Waals surface area contributed by atoms with Crippen molar-refractivity contribution in [2.24, 2.45) is 0 Å². The Labute approximate surface area is 129 Å². The number of nitrogens with one attached hydrogen (secondary N) is 1. The van der Waals surface area contributed by atoms with Gasteiger partial charge in [0.2, 0.25) is 5.91 Å². The molecular formula is C17H19NO2S. The van der Waals surface area contributed by atoms with Gasteiger partial charge in [0.1, 0.15) is 0 Å². The molecule has 1 amide bonds. The highest BCUT2D eigenvalue weighted by atomic mass is 32.2. The zero-order valence-corrected chi connectivity index (χ0v) is 12.6. The van der Waals surface area contributed by atoms with Crippen molar-refractivity contribution in [3.05, 3.63) is 71.8 Å². The van der Waals surface area contributed by atoms with E-state index < -0.39 is 6.10 Å². The summed E-state index contributed by atoms with van der Waals surface area (Å²) in [5, 5.41) is 12.7. The molecule has 0 bridgehead atoms. The zero-order chi connectivity index (χ0) is 14.9. The van der Waals surface area contributed by atoms with Gasteiger partial charge in [-0.3, -0.25) is 4.79 Å². The molecule has 1 unspecified atom stereocenters. The Hall–Kier alpha value is -1.78. The third-order valence-corrected chi connectivity index (χ3v) is 4.03. The maximum atomic E-state index is 11.7. The van der Waals surface area contributed by atoms with E-state index in [0.717, 1.165) is 11.3 Å². The Morgan fingerprint density at radius 1 is 1.05 bits per heavy atom. The molecule has 110 valence electrons. The van der Waals surface area contributed by atoms with E-state index in [4.69, 9.17) is 0 Å². The summed E-state index contributed by atoms with van der Waals surface area (Å²) in [6.45, 7) is 0.245. The molecule has 0 aromatic heterocycles. The van der Waals surface area contributed by atoms with E-state index in [0.29, 0.717) is 5.75 Å². The molecule has 0 aliphatic rings. The molecule has 0 saturated heterocycles. The van der Waals surface area contributed by atoms with E-state index in [9.17, 15) is 9.90 Å². The molecule has 2 aromatic carbocycles. The Morgan fingerprint density at radius 3 is 2.33 bits per heavy atom. The van der Waals surface area contributed by atoms with Crippen molar-refractivity contribution in [3.8, 4) is 0 Å². The minimum atomic E-state index is -0.658. The first-order valence-corrected chi connectivity index (χ1v) is 8.02. The number of rotatable bonds is 7. The van der Waals surface area contributed by atoms with Crippen LogP contribution < -0.4 is 5.32 Å². The van der Waals surface area contributed by atoms with Crippen molar-refractivity contribution in [2.45, 2.75) is 11.9 Å². The number of amides is 1. The minimum Gasteiger partial charge on any atom is -0.387 e. The monoisotopic (exact) mass is 301 g/mol. The minimum absolute atomic E-state index is 0.0501. The number of hydrogen-bond acceptors (Lipinski definition) is 3. The van der Waals surface area contributed by atoms with Crippen molar-refractivity contribution in [1.82, 2.24) is 5.32 Å². The smallest absolute Gasteiger partial charge is 0.230 e. The number of carbonyl (C=O) groups is 1. The molecule has 0 aliphatic carbocycles. The standard InChI is InChI=1S/C17H19NO2S/c19-16(15-9-5-2-6-10-15)11-18-17(20)13-21-12-14-7-3-1-4-8-14/h1-10,16,19H,11-13H2,(H,18,20). The molecule has 0 aliphatic heterocycles. The lowest BCUT2D eigenvalue weighted by Crippen LogP contribution is -2.29. The van der Waals surface area contributed by atoms with E-state index >= 15 is 0 Å². The molecule has 2 rings (SSSR count). The highest BCUT2D eigenvalue weighted by molar-refractivity contribution is 7.99. The molecule has 0 heterocycles. The fourth-order valence-corrected chi connectivity index (χ4v) is 2.71. The predicted molar refractivity (Wildman–Crippen MR) is 87.0 cm³/mol. The van der Waals surface area contributed by atoms with Crippen molar-refractivity contribution < 1.29 is 9.90 Å². The quantitative estimate of drug-likeness (QED) is 0.827. The number of aliphatic hydroxyl groups is 1. The molecule has 0 spiro atoms. The summed E-state index contributed by atoms with van der Waals surface area (Å²) in [7, 11) is 0. The van der Waals surface area contributed by atoms with Crippen molar-refractivity contribution >= 4 is 17.7 Å². The molecule has 21 heavy (non-hydrogen) atoms. The lowest BCUT2D eigenvalue weighted by atomic mass is 10.1. The van der Waals surface area contributed by atoms with E-state index in [-0.39, 0.29) is 12.5 Å². The number of aliphatic hydroxyl groups excluding tert-OH is 1. The summed E-state index contributed by atoms with van der Waals surface area (Å²) in [5.74, 6) is 1.16. The third-order valence-electron chi connectivity index (χ3n) is 3.02. The van der Waals surface area contributed by atoms with Gasteiger partial charge in [0.25, 0.3) is 0 Å². The average Bonchev–Trinajstić information content (AvgIpc) is 2.54. The van der Waals surface area contributed by atoms with Gasteiger partial charge in [-0.2, -0.15) is 0 Å². The van der Waals surface area contributed by atoms with Gasteiger partial charge >= 0.3 is 0 Å². The molecule has 2 N–H and O–H groups in total. The zero-order valence-electron chi connectivity index (χ0n) is 11.7. The predicted octanol–water partition coefficient (Wildman–Crippen LogP) is 2.77. The maximum absolute atomic E-state index is 11.7. The summed E-state index contributed by atoms with van der Waals surface area (Å²) >= 11 is 1.57. The van der Waals surface area contributed by atoms with Gasteiger partial charge in [-0.25, -0.2) is 0 Å². The number of carbonyl (C=O) groups excluding carboxylic acids is 1. The van der Waals surface area contributed by atoms with Crippen LogP contribution in [-0.2, 0) is 10.5 Å². The van der Waals surface area contributed by atoms with Gasteiger partial charge in [0, 0.05) is 12.3 Å². The first kappa shape index (κ1) is 15.6. The highest BCUT2D eigenvalue weighted by Gasteiger charge is 2.08. The Kier molecular flexibility index (Phi) is 6.31. The average molecular weight is 301 g/mol. The van der Waals surface area contributed by atoms with Gasteiger partial charge in [0.05, 0.1) is 11.9 Å². The molecular weight excluding hydrogens is 282 g/mol. The maximum Gasteiger partial charge on any atom is 0.230 e. The number of hydrogen-bond donors (Lipinski definition) is 2. The molecule has 2 aromatic rings. The van der Waals surface area contributed by atoms with Gasteiger partial charge in [-0.15, -0.1) is 11.8 Å². The van der Waals surface area contributed by atoms with E-state index in [2.05, 4.69) is 5.32 Å². The van der Waals surface area contributed by atoms with Crippen LogP contribution >= 0.6 is 11.8 Å². The molecule has 0 saturated carbocycles. The van der Waals surface area contributed by atoms with Gasteiger partial charge < -0.3 is 10.4 Å². The second-order valence-corrected chi connectivity index (χ2v) is 5.69. The van der Waals surface area contributed by atoms with E-state index in [1.54, 1.807) is 11.8 Å². The molecule has 3 nitrogen and oxygen atoms in total. The lowest BCUT2D eigenvalue weighted by molar-refractivity contribution is -0.119. The second-order valence-electron chi connectivity index (χ2n) is 4.71. The van der Waals surface area contributed by atoms with Crippen LogP contribution in [0.15, 0.2) is 60.7 Å². The van der Waals surface area contributed by atoms with Gasteiger partial charge in [-0.1, -0.05) is 60.7 Å². The van der Waals surface area contributed by atoms with Crippen molar-refractivity contribution in [3.63, 3.8) is 0 Å². The van der Waals surface area contributed by atoms with Crippen LogP contribution in [0.4, 0.5) is 0 Å². The van der Waals surface area contributed by atoms with Crippen LogP contribution in [0.1, 0.15) is 17.2 Å². The highest BCUT2D eigenvalue weighted by Crippen LogP contribution is 2.12. The summed E-state index contributed by atoms with van der Waals surface area (Å²) in [6.07, 6.45) is -0.658. The first-order chi connectivity index (χ1) is 10.3. The molecule has 0 fully saturated rings. The van der Waals surface area contributed by atoms with Crippen LogP contribution in [0.25, 0.3) is 0 Å². The van der Waals surface area contributed by atoms with Crippen LogP contribution in [0.5, 0.6) is 0 Å². The third kappa shape index (κ3) is 5.61. The lowest BCUT2D eigenvalue weighted by Gasteiger charge is -2.12. The summed E-state index contributed by atoms with van der Waals surface area (Å²) < 4.78 is 0. The van der Waals surface area contributed by atoms with Gasteiger partial charge in [-0.05, 0) is 11.1 Å². The Morgan fingerprint density at radius 2 is 1.67 bits per heavy atom. The van der Waals surface area contributed by atoms with E-state index in [1.165, 1.54) is 5.56 Å². The summed E-state index contributed by atoms with van der Waals surface area (Å²) in [5.41, 5.74) is 2.02. The first-order valence-electron chi connectivity index (χ1n) is 6.87. The van der Waals surface area contributed by atoms with Crippen molar-refractivity contribution in [1.29, 1.82) is 0 Å². The summed E-state index contributed by atoms with van der Waals surface area (Å²) in [4.78, 5) is 11.7. The van der Waals surface area contributed by atoms with Crippen LogP contribution in [0, 0.1) is 0 Å². The van der Waals surface area contributed by atoms with Crippen LogP contribution in [0.2, 0.25) is 0 Å². The Balaban J connectivity index is 1.66. The van der Waals surface area contributed by atoms with Crippen molar-refractivity contribution in [2.75, 3.05) is 12.3 Å². The van der Waals surface area contributed by atoms with Crippen LogP contribution in [-0.4, -0.2) is 23.3 Å². The fourth-order valence-electron chi connectivity index (χ4n) is 1.89. The number of thioether (sulfide) groups is 1. The fraction of sp³-hybridized carbons (Fsp3) is 0.235. The number of benzene rings is 2. The topological polar surface area (TPSA) is 49.3 Å². The SMILES string of the molecule is O=C(CSCc1ccccc1)NCC(O)c1ccccc1. The molecule has 1 atom stereocenters. The molecule has 0 radical (unpaired) electrons. The Bertz CT molecular complexity index is 545. The normalized spacial score (nSPS) is 11.9. The van der Waals surface area contributed by atoms with Crippen LogP contribution in [0.3, 0.4) is 0 Å². The largest absolute Gasteiger partial charge is 0.387 e. The molecule has 4 heteroatoms. The second kappa shape index (κ2) is 8.49.